The van der Waals surface area contributed by atoms with Gasteiger partial charge in [-0.1, -0.05) is 48.2 Å². The molecule has 0 saturated heterocycles. The number of fused-ring (bicyclic) bond motifs is 2. The van der Waals surface area contributed by atoms with Crippen LogP contribution in [-0.2, 0) is 4.74 Å². The third-order valence-electron chi connectivity index (χ3n) is 4.75. The zero-order valence-electron chi connectivity index (χ0n) is 15.2. The number of hydrogen-bond donors (Lipinski definition) is 1. The van der Waals surface area contributed by atoms with Gasteiger partial charge in [-0.2, -0.15) is 0 Å². The summed E-state index contributed by atoms with van der Waals surface area (Å²) in [6.07, 6.45) is 4.75. The maximum Gasteiger partial charge on any atom is 0.130 e. The first-order valence-corrected chi connectivity index (χ1v) is 9.74. The number of benzene rings is 2. The van der Waals surface area contributed by atoms with E-state index in [1.54, 1.807) is 11.8 Å². The molecule has 1 aliphatic heterocycles. The van der Waals surface area contributed by atoms with Gasteiger partial charge in [-0.3, -0.25) is 0 Å². The van der Waals surface area contributed by atoms with Crippen LogP contribution in [0, 0.1) is 0 Å². The fraction of sp³-hybridized carbons (Fsp3) is 0.273. The fourth-order valence-corrected chi connectivity index (χ4v) is 4.70. The highest BCUT2D eigenvalue weighted by atomic mass is 32.2. The van der Waals surface area contributed by atoms with Gasteiger partial charge in [0.15, 0.2) is 0 Å². The second-order valence-electron chi connectivity index (χ2n) is 6.34. The van der Waals surface area contributed by atoms with E-state index in [9.17, 15) is 0 Å². The first-order valence-electron chi connectivity index (χ1n) is 8.93. The van der Waals surface area contributed by atoms with Gasteiger partial charge < -0.3 is 15.4 Å². The molecule has 1 unspecified atom stereocenters. The average Bonchev–Trinajstić information content (AvgIpc) is 2.66. The van der Waals surface area contributed by atoms with Crippen molar-refractivity contribution in [2.45, 2.75) is 41.3 Å². The summed E-state index contributed by atoms with van der Waals surface area (Å²) >= 11 is 1.79. The highest BCUT2D eigenvalue weighted by molar-refractivity contribution is 7.99. The molecule has 0 fully saturated rings. The minimum Gasteiger partial charge on any atom is -0.361 e. The molecule has 2 N–H and O–H groups in total. The molecular weight excluding hydrogens is 340 g/mol. The van der Waals surface area contributed by atoms with Gasteiger partial charge in [-0.15, -0.1) is 13.2 Å². The van der Waals surface area contributed by atoms with Crippen LogP contribution in [0.5, 0.6) is 0 Å². The highest BCUT2D eigenvalue weighted by Gasteiger charge is 2.45. The lowest BCUT2D eigenvalue weighted by atomic mass is 9.85. The summed E-state index contributed by atoms with van der Waals surface area (Å²) in [5, 5.41) is 0. The molecule has 0 aromatic heterocycles. The number of nitrogens with two attached hydrogens (primary N) is 1. The maximum atomic E-state index is 6.61. The number of ether oxygens (including phenoxy) is 1. The molecule has 136 valence electrons. The Bertz CT molecular complexity index is 734. The number of nitrogens with zero attached hydrogens (tertiary/aromatic N) is 1. The maximum absolute atomic E-state index is 6.61. The van der Waals surface area contributed by atoms with Crippen LogP contribution in [0.4, 0.5) is 11.4 Å². The molecule has 2 aromatic carbocycles. The quantitative estimate of drug-likeness (QED) is 0.494. The molecule has 3 nitrogen and oxygen atoms in total. The fourth-order valence-electron chi connectivity index (χ4n) is 3.64. The van der Waals surface area contributed by atoms with Crippen LogP contribution < -0.4 is 10.6 Å². The summed E-state index contributed by atoms with van der Waals surface area (Å²) in [5.74, 6) is 0. The molecule has 0 amide bonds. The van der Waals surface area contributed by atoms with E-state index in [0.29, 0.717) is 19.4 Å². The molecule has 0 bridgehead atoms. The van der Waals surface area contributed by atoms with E-state index in [-0.39, 0.29) is 0 Å². The molecule has 2 aromatic rings. The summed E-state index contributed by atoms with van der Waals surface area (Å²) in [5.41, 5.74) is 8.42. The zero-order chi connectivity index (χ0) is 18.6. The van der Waals surface area contributed by atoms with Crippen LogP contribution in [-0.4, -0.2) is 18.4 Å². The number of para-hydroxylation sites is 2. The van der Waals surface area contributed by atoms with Crippen molar-refractivity contribution in [3.05, 3.63) is 73.8 Å². The molecule has 26 heavy (non-hydrogen) atoms. The monoisotopic (exact) mass is 366 g/mol. The third kappa shape index (κ3) is 3.20. The highest BCUT2D eigenvalue weighted by Crippen LogP contribution is 2.52. The number of rotatable bonds is 8. The first-order chi connectivity index (χ1) is 12.7. The molecular formula is C22H26N2OS. The van der Waals surface area contributed by atoms with Crippen molar-refractivity contribution in [3.8, 4) is 0 Å². The van der Waals surface area contributed by atoms with E-state index in [4.69, 9.17) is 10.5 Å². The lowest BCUT2D eigenvalue weighted by Crippen LogP contribution is -2.60. The summed E-state index contributed by atoms with van der Waals surface area (Å²) in [4.78, 5) is 4.78. The molecule has 0 spiro atoms. The summed E-state index contributed by atoms with van der Waals surface area (Å²) in [6, 6.07) is 16.9. The second-order valence-corrected chi connectivity index (χ2v) is 7.42. The standard InChI is InChI=1S/C22H26N2OS/c1-4-15-22(16-5-2,21(23)25-6-3)24-17-11-7-9-13-19(17)26-20-14-10-8-12-18(20)24/h4-5,7-14,21H,1-2,6,15-16,23H2,3H3. The van der Waals surface area contributed by atoms with Crippen molar-refractivity contribution >= 4 is 23.1 Å². The van der Waals surface area contributed by atoms with Crippen LogP contribution >= 0.6 is 11.8 Å². The Balaban J connectivity index is 2.25. The largest absolute Gasteiger partial charge is 0.361 e. The Morgan fingerprint density at radius 2 is 1.54 bits per heavy atom. The van der Waals surface area contributed by atoms with Crippen molar-refractivity contribution < 1.29 is 4.74 Å². The number of hydrogen-bond acceptors (Lipinski definition) is 4. The van der Waals surface area contributed by atoms with Crippen molar-refractivity contribution in [2.24, 2.45) is 5.73 Å². The van der Waals surface area contributed by atoms with Crippen LogP contribution in [0.25, 0.3) is 0 Å². The first kappa shape index (κ1) is 18.8. The molecule has 0 saturated carbocycles. The smallest absolute Gasteiger partial charge is 0.130 e. The lowest BCUT2D eigenvalue weighted by Gasteiger charge is -2.50. The van der Waals surface area contributed by atoms with E-state index in [2.05, 4.69) is 66.6 Å². The SMILES string of the molecule is C=CCC(CC=C)(C(N)OCC)N1c2ccccc2Sc2ccccc21. The summed E-state index contributed by atoms with van der Waals surface area (Å²) in [6.45, 7) is 10.5. The molecule has 1 aliphatic rings. The van der Waals surface area contributed by atoms with Gasteiger partial charge in [0.05, 0.1) is 16.9 Å². The summed E-state index contributed by atoms with van der Waals surface area (Å²) in [7, 11) is 0. The Morgan fingerprint density at radius 3 is 2.00 bits per heavy atom. The molecule has 1 heterocycles. The van der Waals surface area contributed by atoms with Gasteiger partial charge >= 0.3 is 0 Å². The Morgan fingerprint density at radius 1 is 1.04 bits per heavy atom. The minimum absolute atomic E-state index is 0.479. The second kappa shape index (κ2) is 8.12. The summed E-state index contributed by atoms with van der Waals surface area (Å²) < 4.78 is 5.93. The third-order valence-corrected chi connectivity index (χ3v) is 5.88. The molecule has 4 heteroatoms. The topological polar surface area (TPSA) is 38.5 Å². The van der Waals surface area contributed by atoms with Crippen molar-refractivity contribution in [1.82, 2.24) is 0 Å². The van der Waals surface area contributed by atoms with E-state index in [1.165, 1.54) is 9.79 Å². The van der Waals surface area contributed by atoms with Crippen molar-refractivity contribution in [2.75, 3.05) is 11.5 Å². The molecule has 0 aliphatic carbocycles. The molecule has 3 rings (SSSR count). The van der Waals surface area contributed by atoms with Crippen LogP contribution in [0.15, 0.2) is 83.6 Å². The Kier molecular flexibility index (Phi) is 5.87. The van der Waals surface area contributed by atoms with Crippen LogP contribution in [0.2, 0.25) is 0 Å². The van der Waals surface area contributed by atoms with Crippen molar-refractivity contribution in [1.29, 1.82) is 0 Å². The van der Waals surface area contributed by atoms with Crippen LogP contribution in [0.1, 0.15) is 19.8 Å². The Hall–Kier alpha value is -2.01. The Labute approximate surface area is 160 Å². The van der Waals surface area contributed by atoms with Gasteiger partial charge in [0.25, 0.3) is 0 Å². The van der Waals surface area contributed by atoms with E-state index >= 15 is 0 Å². The number of anilines is 2. The predicted octanol–water partition coefficient (Wildman–Crippen LogP) is 5.50. The van der Waals surface area contributed by atoms with Crippen LogP contribution in [0.3, 0.4) is 0 Å². The normalized spacial score (nSPS) is 14.3. The minimum atomic E-state index is -0.493. The molecule has 0 radical (unpaired) electrons. The van der Waals surface area contributed by atoms with Gasteiger partial charge in [0.1, 0.15) is 6.23 Å². The van der Waals surface area contributed by atoms with E-state index in [0.717, 1.165) is 11.4 Å². The average molecular weight is 367 g/mol. The van der Waals surface area contributed by atoms with Gasteiger partial charge in [-0.05, 0) is 44.0 Å². The van der Waals surface area contributed by atoms with Gasteiger partial charge in [0.2, 0.25) is 0 Å². The van der Waals surface area contributed by atoms with Gasteiger partial charge in [-0.25, -0.2) is 0 Å². The van der Waals surface area contributed by atoms with E-state index < -0.39 is 11.8 Å². The van der Waals surface area contributed by atoms with E-state index in [1.807, 2.05) is 19.1 Å². The zero-order valence-corrected chi connectivity index (χ0v) is 16.0. The van der Waals surface area contributed by atoms with Gasteiger partial charge in [0, 0.05) is 16.4 Å². The molecule has 1 atom stereocenters. The van der Waals surface area contributed by atoms with Crippen molar-refractivity contribution in [3.63, 3.8) is 0 Å². The lowest BCUT2D eigenvalue weighted by molar-refractivity contribution is 0.0111. The predicted molar refractivity (Wildman–Crippen MR) is 111 cm³/mol.